The van der Waals surface area contributed by atoms with Crippen LogP contribution in [0.25, 0.3) is 0 Å². The van der Waals surface area contributed by atoms with Crippen LogP contribution in [0.5, 0.6) is 0 Å². The van der Waals surface area contributed by atoms with Crippen molar-refractivity contribution in [2.24, 2.45) is 0 Å². The van der Waals surface area contributed by atoms with Crippen molar-refractivity contribution in [2.45, 2.75) is 31.9 Å². The van der Waals surface area contributed by atoms with Gasteiger partial charge in [0.2, 0.25) is 0 Å². The van der Waals surface area contributed by atoms with Crippen LogP contribution in [-0.2, 0) is 22.0 Å². The average Bonchev–Trinajstić information content (AvgIpc) is 2.45. The van der Waals surface area contributed by atoms with Gasteiger partial charge in [-0.1, -0.05) is 13.8 Å². The fraction of sp³-hybridized carbons (Fsp3) is 0.667. The molecule has 2 heterocycles. The summed E-state index contributed by atoms with van der Waals surface area (Å²) < 4.78 is 28.1. The maximum Gasteiger partial charge on any atom is 0.197 e. The first-order chi connectivity index (χ1) is 6.48. The molecule has 78 valence electrons. The minimum Gasteiger partial charge on any atom is -0.445 e. The molecular formula is C9H13NO3S. The van der Waals surface area contributed by atoms with Crippen LogP contribution in [0.4, 0.5) is 0 Å². The third-order valence-corrected chi connectivity index (χ3v) is 3.82. The van der Waals surface area contributed by atoms with Crippen LogP contribution in [0.2, 0.25) is 0 Å². The molecule has 1 aliphatic heterocycles. The maximum atomic E-state index is 11.3. The molecule has 14 heavy (non-hydrogen) atoms. The van der Waals surface area contributed by atoms with E-state index in [4.69, 9.17) is 4.42 Å². The number of hydrogen-bond acceptors (Lipinski definition) is 4. The third kappa shape index (κ3) is 1.68. The Morgan fingerprint density at radius 3 is 2.79 bits per heavy atom. The SMILES string of the molecule is CC(C)c1nc2c(o1)CCS(=O)(=O)C2. The standard InChI is InChI=1S/C9H13NO3S/c1-6(2)9-10-7-5-14(11,12)4-3-8(7)13-9/h6H,3-5H2,1-2H3. The number of aryl methyl sites for hydroxylation is 1. The summed E-state index contributed by atoms with van der Waals surface area (Å²) in [7, 11) is -2.93. The van der Waals surface area contributed by atoms with Crippen molar-refractivity contribution < 1.29 is 12.8 Å². The van der Waals surface area contributed by atoms with E-state index in [-0.39, 0.29) is 17.4 Å². The van der Waals surface area contributed by atoms with Crippen molar-refractivity contribution in [1.29, 1.82) is 0 Å². The van der Waals surface area contributed by atoms with Crippen LogP contribution >= 0.6 is 0 Å². The lowest BCUT2D eigenvalue weighted by atomic mass is 10.2. The highest BCUT2D eigenvalue weighted by Crippen LogP contribution is 2.24. The lowest BCUT2D eigenvalue weighted by molar-refractivity contribution is 0.437. The van der Waals surface area contributed by atoms with Crippen molar-refractivity contribution in [1.82, 2.24) is 4.98 Å². The average molecular weight is 215 g/mol. The Morgan fingerprint density at radius 1 is 1.43 bits per heavy atom. The maximum absolute atomic E-state index is 11.3. The van der Waals surface area contributed by atoms with Gasteiger partial charge in [0.1, 0.15) is 5.76 Å². The highest BCUT2D eigenvalue weighted by Gasteiger charge is 2.26. The molecule has 1 aromatic heterocycles. The summed E-state index contributed by atoms with van der Waals surface area (Å²) in [5, 5.41) is 0. The number of sulfone groups is 1. The number of aromatic nitrogens is 1. The highest BCUT2D eigenvalue weighted by atomic mass is 32.2. The van der Waals surface area contributed by atoms with E-state index in [2.05, 4.69) is 4.98 Å². The van der Waals surface area contributed by atoms with E-state index in [1.165, 1.54) is 0 Å². The second-order valence-corrected chi connectivity index (χ2v) is 6.10. The van der Waals surface area contributed by atoms with Crippen molar-refractivity contribution in [3.8, 4) is 0 Å². The topological polar surface area (TPSA) is 60.2 Å². The van der Waals surface area contributed by atoms with Gasteiger partial charge in [0.05, 0.1) is 17.2 Å². The molecule has 0 aliphatic carbocycles. The molecule has 0 radical (unpaired) electrons. The predicted octanol–water partition coefficient (Wildman–Crippen LogP) is 1.27. The van der Waals surface area contributed by atoms with Gasteiger partial charge >= 0.3 is 0 Å². The first kappa shape index (κ1) is 9.71. The summed E-state index contributed by atoms with van der Waals surface area (Å²) in [5.41, 5.74) is 0.611. The minimum absolute atomic E-state index is 0.0402. The van der Waals surface area contributed by atoms with E-state index in [1.807, 2.05) is 13.8 Å². The minimum atomic E-state index is -2.93. The summed E-state index contributed by atoms with van der Waals surface area (Å²) in [6.07, 6.45) is 0.470. The van der Waals surface area contributed by atoms with Gasteiger partial charge < -0.3 is 4.42 Å². The van der Waals surface area contributed by atoms with Gasteiger partial charge in [0.15, 0.2) is 15.7 Å². The summed E-state index contributed by atoms with van der Waals surface area (Å²) in [6.45, 7) is 3.96. The first-order valence-corrected chi connectivity index (χ1v) is 6.49. The first-order valence-electron chi connectivity index (χ1n) is 4.67. The third-order valence-electron chi connectivity index (χ3n) is 2.29. The summed E-state index contributed by atoms with van der Waals surface area (Å²) in [4.78, 5) is 4.20. The van der Waals surface area contributed by atoms with E-state index in [0.29, 0.717) is 18.0 Å². The molecule has 0 fully saturated rings. The number of nitrogens with zero attached hydrogens (tertiary/aromatic N) is 1. The molecule has 2 rings (SSSR count). The Balaban J connectivity index is 2.39. The van der Waals surface area contributed by atoms with Crippen LogP contribution in [-0.4, -0.2) is 19.2 Å². The quantitative estimate of drug-likeness (QED) is 0.707. The molecule has 0 saturated heterocycles. The van der Waals surface area contributed by atoms with Gasteiger partial charge in [0.25, 0.3) is 0 Å². The molecule has 0 amide bonds. The number of fused-ring (bicyclic) bond motifs is 1. The molecule has 0 unspecified atom stereocenters. The normalized spacial score (nSPS) is 19.6. The Hall–Kier alpha value is -0.840. The van der Waals surface area contributed by atoms with Gasteiger partial charge in [0, 0.05) is 12.3 Å². The lowest BCUT2D eigenvalue weighted by Gasteiger charge is -2.07. The molecule has 0 spiro atoms. The largest absolute Gasteiger partial charge is 0.445 e. The molecule has 0 atom stereocenters. The molecule has 1 aliphatic rings. The fourth-order valence-corrected chi connectivity index (χ4v) is 2.77. The van der Waals surface area contributed by atoms with E-state index < -0.39 is 9.84 Å². The van der Waals surface area contributed by atoms with E-state index in [0.717, 1.165) is 5.76 Å². The second kappa shape index (κ2) is 3.08. The summed E-state index contributed by atoms with van der Waals surface area (Å²) in [5.74, 6) is 1.84. The van der Waals surface area contributed by atoms with Crippen molar-refractivity contribution in [2.75, 3.05) is 5.75 Å². The fourth-order valence-electron chi connectivity index (χ4n) is 1.49. The van der Waals surface area contributed by atoms with E-state index >= 15 is 0 Å². The second-order valence-electron chi connectivity index (χ2n) is 3.92. The van der Waals surface area contributed by atoms with Gasteiger partial charge in [-0.25, -0.2) is 13.4 Å². The zero-order valence-corrected chi connectivity index (χ0v) is 9.10. The Bertz CT molecular complexity index is 445. The molecular weight excluding hydrogens is 202 g/mol. The van der Waals surface area contributed by atoms with Crippen LogP contribution in [0.15, 0.2) is 4.42 Å². The highest BCUT2D eigenvalue weighted by molar-refractivity contribution is 7.90. The molecule has 4 nitrogen and oxygen atoms in total. The van der Waals surface area contributed by atoms with Gasteiger partial charge in [-0.15, -0.1) is 0 Å². The van der Waals surface area contributed by atoms with Gasteiger partial charge in [-0.05, 0) is 0 Å². The predicted molar refractivity (Wildman–Crippen MR) is 51.8 cm³/mol. The van der Waals surface area contributed by atoms with Crippen molar-refractivity contribution in [3.63, 3.8) is 0 Å². The summed E-state index contributed by atoms with van der Waals surface area (Å²) >= 11 is 0. The van der Waals surface area contributed by atoms with Crippen LogP contribution in [0.3, 0.4) is 0 Å². The lowest BCUT2D eigenvalue weighted by Crippen LogP contribution is -2.18. The molecule has 0 N–H and O–H groups in total. The van der Waals surface area contributed by atoms with E-state index in [1.54, 1.807) is 0 Å². The zero-order valence-electron chi connectivity index (χ0n) is 8.28. The monoisotopic (exact) mass is 215 g/mol. The molecule has 1 aromatic rings. The molecule has 0 bridgehead atoms. The van der Waals surface area contributed by atoms with Crippen LogP contribution in [0.1, 0.15) is 37.1 Å². The number of hydrogen-bond donors (Lipinski definition) is 0. The number of rotatable bonds is 1. The molecule has 0 saturated carbocycles. The Labute approximate surface area is 83.3 Å². The van der Waals surface area contributed by atoms with Crippen LogP contribution in [0, 0.1) is 0 Å². The number of oxazole rings is 1. The van der Waals surface area contributed by atoms with Crippen molar-refractivity contribution in [3.05, 3.63) is 17.3 Å². The van der Waals surface area contributed by atoms with E-state index in [9.17, 15) is 8.42 Å². The molecule has 5 heteroatoms. The summed E-state index contributed by atoms with van der Waals surface area (Å²) in [6, 6.07) is 0. The smallest absolute Gasteiger partial charge is 0.197 e. The Morgan fingerprint density at radius 2 is 2.14 bits per heavy atom. The van der Waals surface area contributed by atoms with Gasteiger partial charge in [-0.3, -0.25) is 0 Å². The van der Waals surface area contributed by atoms with Crippen LogP contribution < -0.4 is 0 Å². The molecule has 0 aromatic carbocycles. The zero-order chi connectivity index (χ0) is 10.3. The Kier molecular flexibility index (Phi) is 2.14. The van der Waals surface area contributed by atoms with Crippen molar-refractivity contribution >= 4 is 9.84 Å². The van der Waals surface area contributed by atoms with Gasteiger partial charge in [-0.2, -0.15) is 0 Å².